The lowest BCUT2D eigenvalue weighted by molar-refractivity contribution is 0.516. The highest BCUT2D eigenvalue weighted by Crippen LogP contribution is 2.24. The average molecular weight is 285 g/mol. The van der Waals surface area contributed by atoms with Crippen LogP contribution in [0.3, 0.4) is 0 Å². The number of rotatable bonds is 6. The van der Waals surface area contributed by atoms with E-state index in [1.54, 1.807) is 0 Å². The standard InChI is InChI=1S/C18H27N3/c1-6-17(12-16-10-8-7-9-11-16)19-18-14(4)20-21(13(2)3)15(18)5/h7-11,13,17,19H,6,12H2,1-5H3. The Bertz CT molecular complexity index is 570. The fourth-order valence-electron chi connectivity index (χ4n) is 2.77. The third kappa shape index (κ3) is 3.66. The van der Waals surface area contributed by atoms with Gasteiger partial charge in [0.2, 0.25) is 0 Å². The van der Waals surface area contributed by atoms with Crippen molar-refractivity contribution < 1.29 is 0 Å². The van der Waals surface area contributed by atoms with Crippen LogP contribution in [0.5, 0.6) is 0 Å². The van der Waals surface area contributed by atoms with Crippen LogP contribution in [0.2, 0.25) is 0 Å². The lowest BCUT2D eigenvalue weighted by Gasteiger charge is -2.19. The molecule has 3 nitrogen and oxygen atoms in total. The van der Waals surface area contributed by atoms with Gasteiger partial charge in [-0.3, -0.25) is 4.68 Å². The number of aryl methyl sites for hydroxylation is 1. The van der Waals surface area contributed by atoms with E-state index in [1.807, 2.05) is 0 Å². The van der Waals surface area contributed by atoms with E-state index < -0.39 is 0 Å². The molecule has 0 bridgehead atoms. The predicted octanol–water partition coefficient (Wildman–Crippen LogP) is 4.51. The van der Waals surface area contributed by atoms with Crippen LogP contribution in [0.15, 0.2) is 30.3 Å². The van der Waals surface area contributed by atoms with Gasteiger partial charge in [-0.05, 0) is 46.1 Å². The minimum atomic E-state index is 0.397. The summed E-state index contributed by atoms with van der Waals surface area (Å²) in [6.45, 7) is 10.8. The topological polar surface area (TPSA) is 29.9 Å². The predicted molar refractivity (Wildman–Crippen MR) is 89.9 cm³/mol. The number of hydrogen-bond donors (Lipinski definition) is 1. The van der Waals surface area contributed by atoms with E-state index in [2.05, 4.69) is 80.0 Å². The molecule has 2 rings (SSSR count). The summed E-state index contributed by atoms with van der Waals surface area (Å²) in [5.74, 6) is 0. The number of aromatic nitrogens is 2. The van der Waals surface area contributed by atoms with Gasteiger partial charge in [0.1, 0.15) is 0 Å². The Morgan fingerprint density at radius 1 is 1.14 bits per heavy atom. The Labute approximate surface area is 128 Å². The molecule has 0 fully saturated rings. The molecule has 0 radical (unpaired) electrons. The molecule has 21 heavy (non-hydrogen) atoms. The first-order valence-electron chi connectivity index (χ1n) is 7.89. The van der Waals surface area contributed by atoms with Crippen LogP contribution < -0.4 is 5.32 Å². The molecule has 2 aromatic rings. The highest BCUT2D eigenvalue weighted by Gasteiger charge is 2.16. The highest BCUT2D eigenvalue weighted by atomic mass is 15.3. The second-order valence-electron chi connectivity index (χ2n) is 6.02. The van der Waals surface area contributed by atoms with Crippen LogP contribution in [-0.4, -0.2) is 15.8 Å². The van der Waals surface area contributed by atoms with E-state index in [9.17, 15) is 0 Å². The Hall–Kier alpha value is -1.77. The monoisotopic (exact) mass is 285 g/mol. The minimum Gasteiger partial charge on any atom is -0.379 e. The summed E-state index contributed by atoms with van der Waals surface area (Å²) in [5.41, 5.74) is 4.90. The maximum absolute atomic E-state index is 4.66. The molecule has 0 aliphatic heterocycles. The van der Waals surface area contributed by atoms with Crippen molar-refractivity contribution in [2.75, 3.05) is 5.32 Å². The molecular formula is C18H27N3. The molecule has 1 unspecified atom stereocenters. The van der Waals surface area contributed by atoms with E-state index in [4.69, 9.17) is 0 Å². The second-order valence-corrected chi connectivity index (χ2v) is 6.02. The quantitative estimate of drug-likeness (QED) is 0.846. The Morgan fingerprint density at radius 3 is 2.33 bits per heavy atom. The van der Waals surface area contributed by atoms with Gasteiger partial charge in [0.15, 0.2) is 0 Å². The van der Waals surface area contributed by atoms with Crippen molar-refractivity contribution in [1.29, 1.82) is 0 Å². The molecule has 1 N–H and O–H groups in total. The zero-order valence-electron chi connectivity index (χ0n) is 13.9. The van der Waals surface area contributed by atoms with E-state index in [0.717, 1.165) is 18.5 Å². The third-order valence-corrected chi connectivity index (χ3v) is 3.98. The lowest BCUT2D eigenvalue weighted by atomic mass is 10.0. The van der Waals surface area contributed by atoms with Gasteiger partial charge in [-0.25, -0.2) is 0 Å². The molecule has 1 aromatic carbocycles. The maximum Gasteiger partial charge on any atom is 0.0828 e. The van der Waals surface area contributed by atoms with E-state index in [-0.39, 0.29) is 0 Å². The van der Waals surface area contributed by atoms with Gasteiger partial charge in [0, 0.05) is 12.1 Å². The summed E-state index contributed by atoms with van der Waals surface area (Å²) in [6.07, 6.45) is 2.14. The van der Waals surface area contributed by atoms with Crippen molar-refractivity contribution in [2.45, 2.75) is 59.5 Å². The lowest BCUT2D eigenvalue weighted by Crippen LogP contribution is -2.22. The zero-order valence-corrected chi connectivity index (χ0v) is 13.9. The molecule has 0 aliphatic carbocycles. The number of benzene rings is 1. The third-order valence-electron chi connectivity index (χ3n) is 3.98. The zero-order chi connectivity index (χ0) is 15.4. The molecule has 0 saturated carbocycles. The Morgan fingerprint density at radius 2 is 1.81 bits per heavy atom. The van der Waals surface area contributed by atoms with Gasteiger partial charge >= 0.3 is 0 Å². The number of nitrogens with one attached hydrogen (secondary N) is 1. The first kappa shape index (κ1) is 15.6. The van der Waals surface area contributed by atoms with Crippen LogP contribution in [0.25, 0.3) is 0 Å². The second kappa shape index (κ2) is 6.79. The normalized spacial score (nSPS) is 12.7. The van der Waals surface area contributed by atoms with Crippen molar-refractivity contribution in [3.05, 3.63) is 47.3 Å². The first-order valence-corrected chi connectivity index (χ1v) is 7.89. The van der Waals surface area contributed by atoms with Crippen LogP contribution in [0.1, 0.15) is 50.2 Å². The van der Waals surface area contributed by atoms with Crippen molar-refractivity contribution >= 4 is 5.69 Å². The summed E-state index contributed by atoms with van der Waals surface area (Å²) in [4.78, 5) is 0. The highest BCUT2D eigenvalue weighted by molar-refractivity contribution is 5.53. The molecule has 0 spiro atoms. The molecular weight excluding hydrogens is 258 g/mol. The van der Waals surface area contributed by atoms with Gasteiger partial charge < -0.3 is 5.32 Å². The van der Waals surface area contributed by atoms with Gasteiger partial charge in [-0.15, -0.1) is 0 Å². The fraction of sp³-hybridized carbons (Fsp3) is 0.500. The molecule has 1 aromatic heterocycles. The number of nitrogens with zero attached hydrogens (tertiary/aromatic N) is 2. The number of hydrogen-bond acceptors (Lipinski definition) is 2. The van der Waals surface area contributed by atoms with Gasteiger partial charge in [-0.2, -0.15) is 5.10 Å². The summed E-state index contributed by atoms with van der Waals surface area (Å²) >= 11 is 0. The molecule has 0 amide bonds. The van der Waals surface area contributed by atoms with Crippen LogP contribution >= 0.6 is 0 Å². The van der Waals surface area contributed by atoms with E-state index in [0.29, 0.717) is 12.1 Å². The summed E-state index contributed by atoms with van der Waals surface area (Å²) < 4.78 is 2.10. The van der Waals surface area contributed by atoms with E-state index >= 15 is 0 Å². The first-order chi connectivity index (χ1) is 10.0. The number of anilines is 1. The average Bonchev–Trinajstić information content (AvgIpc) is 2.75. The van der Waals surface area contributed by atoms with E-state index in [1.165, 1.54) is 16.9 Å². The minimum absolute atomic E-state index is 0.397. The maximum atomic E-state index is 4.66. The van der Waals surface area contributed by atoms with Gasteiger partial charge in [0.05, 0.1) is 17.1 Å². The molecule has 1 atom stereocenters. The van der Waals surface area contributed by atoms with Crippen molar-refractivity contribution in [3.8, 4) is 0 Å². The van der Waals surface area contributed by atoms with Crippen molar-refractivity contribution in [1.82, 2.24) is 9.78 Å². The summed E-state index contributed by atoms with van der Waals surface area (Å²) in [5, 5.41) is 8.36. The SMILES string of the molecule is CCC(Cc1ccccc1)Nc1c(C)nn(C(C)C)c1C. The molecule has 0 saturated heterocycles. The van der Waals surface area contributed by atoms with Gasteiger partial charge in [0.25, 0.3) is 0 Å². The van der Waals surface area contributed by atoms with Crippen molar-refractivity contribution in [2.24, 2.45) is 0 Å². The van der Waals surface area contributed by atoms with Crippen LogP contribution in [0, 0.1) is 13.8 Å². The molecule has 0 aliphatic rings. The van der Waals surface area contributed by atoms with Crippen molar-refractivity contribution in [3.63, 3.8) is 0 Å². The Balaban J connectivity index is 2.15. The summed E-state index contributed by atoms with van der Waals surface area (Å²) in [7, 11) is 0. The smallest absolute Gasteiger partial charge is 0.0828 e. The molecule has 3 heteroatoms. The Kier molecular flexibility index (Phi) is 5.05. The summed E-state index contributed by atoms with van der Waals surface area (Å²) in [6, 6.07) is 11.5. The van der Waals surface area contributed by atoms with Crippen LogP contribution in [0.4, 0.5) is 5.69 Å². The van der Waals surface area contributed by atoms with Crippen LogP contribution in [-0.2, 0) is 6.42 Å². The largest absolute Gasteiger partial charge is 0.379 e. The molecule has 114 valence electrons. The molecule has 1 heterocycles. The fourth-order valence-corrected chi connectivity index (χ4v) is 2.77. The van der Waals surface area contributed by atoms with Gasteiger partial charge in [-0.1, -0.05) is 37.3 Å².